The number of hydrogen-bond donors (Lipinski definition) is 1. The number of rotatable bonds is 8. The number of aryl methyl sites for hydroxylation is 3. The molecule has 2 aromatic rings. The summed E-state index contributed by atoms with van der Waals surface area (Å²) >= 11 is 0. The van der Waals surface area contributed by atoms with Crippen LogP contribution in [0.3, 0.4) is 0 Å². The molecule has 0 atom stereocenters. The van der Waals surface area contributed by atoms with Crippen molar-refractivity contribution in [1.82, 2.24) is 15.1 Å². The zero-order chi connectivity index (χ0) is 17.5. The smallest absolute Gasteiger partial charge is 0.224 e. The minimum atomic E-state index is -0.0325. The number of methoxy groups -OCH3 is 2. The summed E-state index contributed by atoms with van der Waals surface area (Å²) in [5, 5.41) is 7.35. The summed E-state index contributed by atoms with van der Waals surface area (Å²) in [5.74, 6) is 1.37. The second kappa shape index (κ2) is 8.38. The van der Waals surface area contributed by atoms with Crippen LogP contribution in [0.15, 0.2) is 24.3 Å². The highest BCUT2D eigenvalue weighted by Crippen LogP contribution is 2.24. The lowest BCUT2D eigenvalue weighted by molar-refractivity contribution is -0.120. The van der Waals surface area contributed by atoms with Crippen molar-refractivity contribution in [2.24, 2.45) is 0 Å². The summed E-state index contributed by atoms with van der Waals surface area (Å²) in [4.78, 5) is 12.1. The molecule has 24 heavy (non-hydrogen) atoms. The van der Waals surface area contributed by atoms with Crippen molar-refractivity contribution < 1.29 is 14.3 Å². The summed E-state index contributed by atoms with van der Waals surface area (Å²) in [7, 11) is 3.20. The van der Waals surface area contributed by atoms with Crippen LogP contribution in [0.1, 0.15) is 23.4 Å². The van der Waals surface area contributed by atoms with Gasteiger partial charge in [-0.3, -0.25) is 9.48 Å². The number of nitrogens with one attached hydrogen (secondary N) is 1. The van der Waals surface area contributed by atoms with Gasteiger partial charge in [0.25, 0.3) is 0 Å². The number of aromatic nitrogens is 2. The van der Waals surface area contributed by atoms with Crippen LogP contribution in [-0.2, 0) is 17.8 Å². The number of benzene rings is 1. The Morgan fingerprint density at radius 1 is 1.21 bits per heavy atom. The fourth-order valence-electron chi connectivity index (χ4n) is 2.61. The molecule has 0 aliphatic heterocycles. The molecule has 0 fully saturated rings. The molecule has 1 heterocycles. The van der Waals surface area contributed by atoms with Crippen LogP contribution in [0.25, 0.3) is 0 Å². The van der Waals surface area contributed by atoms with E-state index in [1.165, 1.54) is 0 Å². The van der Waals surface area contributed by atoms with Gasteiger partial charge in [0, 0.05) is 24.3 Å². The lowest BCUT2D eigenvalue weighted by Gasteiger charge is -2.11. The molecule has 0 bridgehead atoms. The quantitative estimate of drug-likeness (QED) is 0.754. The van der Waals surface area contributed by atoms with Crippen LogP contribution in [-0.4, -0.2) is 36.5 Å². The number of carbonyl (C=O) groups excluding carboxylic acids is 1. The van der Waals surface area contributed by atoms with Gasteiger partial charge in [0.1, 0.15) is 11.5 Å². The second-order valence-corrected chi connectivity index (χ2v) is 5.71. The highest BCUT2D eigenvalue weighted by Gasteiger charge is 2.10. The fraction of sp³-hybridized carbons (Fsp3) is 0.444. The maximum absolute atomic E-state index is 12.1. The van der Waals surface area contributed by atoms with E-state index in [-0.39, 0.29) is 12.3 Å². The van der Waals surface area contributed by atoms with E-state index in [0.717, 1.165) is 29.9 Å². The molecule has 0 aliphatic carbocycles. The van der Waals surface area contributed by atoms with E-state index in [1.807, 2.05) is 42.8 Å². The average Bonchev–Trinajstić information content (AvgIpc) is 2.89. The largest absolute Gasteiger partial charge is 0.497 e. The van der Waals surface area contributed by atoms with Crippen molar-refractivity contribution in [3.63, 3.8) is 0 Å². The van der Waals surface area contributed by atoms with Gasteiger partial charge in [-0.15, -0.1) is 0 Å². The Morgan fingerprint density at radius 3 is 2.62 bits per heavy atom. The van der Waals surface area contributed by atoms with Crippen molar-refractivity contribution >= 4 is 5.91 Å². The molecule has 2 rings (SSSR count). The van der Waals surface area contributed by atoms with Crippen LogP contribution in [0.4, 0.5) is 0 Å². The maximum Gasteiger partial charge on any atom is 0.224 e. The van der Waals surface area contributed by atoms with Gasteiger partial charge in [-0.05, 0) is 44.5 Å². The zero-order valence-corrected chi connectivity index (χ0v) is 14.8. The minimum absolute atomic E-state index is 0.0325. The Morgan fingerprint density at radius 2 is 2.00 bits per heavy atom. The van der Waals surface area contributed by atoms with Crippen LogP contribution >= 0.6 is 0 Å². The molecule has 6 nitrogen and oxygen atoms in total. The topological polar surface area (TPSA) is 65.4 Å². The Balaban J connectivity index is 1.82. The van der Waals surface area contributed by atoms with Gasteiger partial charge in [-0.2, -0.15) is 5.10 Å². The van der Waals surface area contributed by atoms with E-state index in [0.29, 0.717) is 18.0 Å². The number of hydrogen-bond acceptors (Lipinski definition) is 4. The lowest BCUT2D eigenvalue weighted by Crippen LogP contribution is -2.27. The monoisotopic (exact) mass is 331 g/mol. The van der Waals surface area contributed by atoms with E-state index in [2.05, 4.69) is 10.4 Å². The Kier molecular flexibility index (Phi) is 6.23. The molecule has 1 aromatic heterocycles. The first-order valence-electron chi connectivity index (χ1n) is 8.02. The lowest BCUT2D eigenvalue weighted by atomic mass is 10.1. The van der Waals surface area contributed by atoms with E-state index >= 15 is 0 Å². The van der Waals surface area contributed by atoms with Gasteiger partial charge >= 0.3 is 0 Å². The third-order valence-electron chi connectivity index (χ3n) is 3.81. The van der Waals surface area contributed by atoms with Gasteiger partial charge in [-0.25, -0.2) is 0 Å². The Bertz CT molecular complexity index is 695. The third kappa shape index (κ3) is 4.75. The molecule has 1 N–H and O–H groups in total. The molecule has 0 aliphatic rings. The van der Waals surface area contributed by atoms with E-state index in [9.17, 15) is 4.79 Å². The Labute approximate surface area is 142 Å². The number of nitrogens with zero attached hydrogens (tertiary/aromatic N) is 2. The predicted molar refractivity (Wildman–Crippen MR) is 92.6 cm³/mol. The normalized spacial score (nSPS) is 10.5. The number of carbonyl (C=O) groups is 1. The predicted octanol–water partition coefficient (Wildman–Crippen LogP) is 2.27. The molecular formula is C18H25N3O3. The molecule has 6 heteroatoms. The highest BCUT2D eigenvalue weighted by molar-refractivity contribution is 5.79. The summed E-state index contributed by atoms with van der Waals surface area (Å²) in [6, 6.07) is 7.50. The molecule has 130 valence electrons. The van der Waals surface area contributed by atoms with Crippen LogP contribution in [0.5, 0.6) is 11.5 Å². The van der Waals surface area contributed by atoms with Crippen molar-refractivity contribution in [2.45, 2.75) is 33.2 Å². The van der Waals surface area contributed by atoms with Crippen LogP contribution < -0.4 is 14.8 Å². The second-order valence-electron chi connectivity index (χ2n) is 5.71. The van der Waals surface area contributed by atoms with Crippen LogP contribution in [0.2, 0.25) is 0 Å². The molecule has 0 spiro atoms. The molecule has 1 amide bonds. The number of amides is 1. The molecule has 0 unspecified atom stereocenters. The Hall–Kier alpha value is -2.50. The molecule has 0 saturated carbocycles. The van der Waals surface area contributed by atoms with Gasteiger partial charge in [-0.1, -0.05) is 0 Å². The fourth-order valence-corrected chi connectivity index (χ4v) is 2.61. The maximum atomic E-state index is 12.1. The number of ether oxygens (including phenoxy) is 2. The highest BCUT2D eigenvalue weighted by atomic mass is 16.5. The third-order valence-corrected chi connectivity index (χ3v) is 3.81. The van der Waals surface area contributed by atoms with Gasteiger partial charge in [0.2, 0.25) is 5.91 Å². The van der Waals surface area contributed by atoms with E-state index in [1.54, 1.807) is 14.2 Å². The van der Waals surface area contributed by atoms with E-state index in [4.69, 9.17) is 9.47 Å². The minimum Gasteiger partial charge on any atom is -0.497 e. The van der Waals surface area contributed by atoms with Crippen molar-refractivity contribution in [3.8, 4) is 11.5 Å². The van der Waals surface area contributed by atoms with Crippen molar-refractivity contribution in [3.05, 3.63) is 41.2 Å². The molecule has 0 saturated heterocycles. The standard InChI is InChI=1S/C18H25N3O3/c1-13-10-14(2)21(20-13)9-5-8-19-18(22)12-15-11-16(23-3)6-7-17(15)24-4/h6-7,10-11H,5,8-9,12H2,1-4H3,(H,19,22). The molecule has 0 radical (unpaired) electrons. The van der Waals surface area contributed by atoms with E-state index < -0.39 is 0 Å². The van der Waals surface area contributed by atoms with Crippen molar-refractivity contribution in [1.29, 1.82) is 0 Å². The van der Waals surface area contributed by atoms with Crippen molar-refractivity contribution in [2.75, 3.05) is 20.8 Å². The molecular weight excluding hydrogens is 306 g/mol. The first-order valence-corrected chi connectivity index (χ1v) is 8.02. The van der Waals surface area contributed by atoms with Gasteiger partial charge in [0.05, 0.1) is 26.3 Å². The summed E-state index contributed by atoms with van der Waals surface area (Å²) in [6.07, 6.45) is 1.10. The summed E-state index contributed by atoms with van der Waals surface area (Å²) < 4.78 is 12.5. The van der Waals surface area contributed by atoms with Crippen LogP contribution in [0, 0.1) is 13.8 Å². The first kappa shape index (κ1) is 17.8. The summed E-state index contributed by atoms with van der Waals surface area (Å²) in [6.45, 7) is 5.42. The van der Waals surface area contributed by atoms with Gasteiger partial charge in [0.15, 0.2) is 0 Å². The zero-order valence-electron chi connectivity index (χ0n) is 14.8. The van der Waals surface area contributed by atoms with Gasteiger partial charge < -0.3 is 14.8 Å². The average molecular weight is 331 g/mol. The molecule has 1 aromatic carbocycles. The first-order chi connectivity index (χ1) is 11.5. The SMILES string of the molecule is COc1ccc(OC)c(CC(=O)NCCCn2nc(C)cc2C)c1. The summed E-state index contributed by atoms with van der Waals surface area (Å²) in [5.41, 5.74) is 2.97.